The summed E-state index contributed by atoms with van der Waals surface area (Å²) >= 11 is 0. The molecule has 1 heterocycles. The molecule has 1 aromatic heterocycles. The van der Waals surface area contributed by atoms with Crippen LogP contribution in [-0.4, -0.2) is 4.98 Å². The van der Waals surface area contributed by atoms with Crippen LogP contribution in [0.2, 0.25) is 0 Å². The van der Waals surface area contributed by atoms with Gasteiger partial charge < -0.3 is 0 Å². The van der Waals surface area contributed by atoms with Crippen LogP contribution in [0.4, 0.5) is 0 Å². The summed E-state index contributed by atoms with van der Waals surface area (Å²) in [5.41, 5.74) is 4.05. The molecule has 0 amide bonds. The SMILES string of the molecule is Cc1cncc(C2=CC(C)CCC2)c1. The van der Waals surface area contributed by atoms with E-state index in [-0.39, 0.29) is 0 Å². The van der Waals surface area contributed by atoms with Crippen molar-refractivity contribution in [3.8, 4) is 0 Å². The first-order valence-electron chi connectivity index (χ1n) is 5.38. The van der Waals surface area contributed by atoms with Crippen molar-refractivity contribution in [3.05, 3.63) is 35.7 Å². The second-order valence-corrected chi connectivity index (χ2v) is 4.31. The van der Waals surface area contributed by atoms with Crippen LogP contribution in [0.15, 0.2) is 24.5 Å². The lowest BCUT2D eigenvalue weighted by Gasteiger charge is -2.17. The Kier molecular flexibility index (Phi) is 2.67. The van der Waals surface area contributed by atoms with Gasteiger partial charge in [-0.15, -0.1) is 0 Å². The van der Waals surface area contributed by atoms with Crippen molar-refractivity contribution in [1.82, 2.24) is 4.98 Å². The van der Waals surface area contributed by atoms with Crippen molar-refractivity contribution in [2.24, 2.45) is 5.92 Å². The summed E-state index contributed by atoms with van der Waals surface area (Å²) in [5, 5.41) is 0. The van der Waals surface area contributed by atoms with Crippen LogP contribution in [0.3, 0.4) is 0 Å². The van der Waals surface area contributed by atoms with Crippen molar-refractivity contribution < 1.29 is 0 Å². The Morgan fingerprint density at radius 2 is 2.21 bits per heavy atom. The molecule has 74 valence electrons. The largest absolute Gasteiger partial charge is 0.264 e. The van der Waals surface area contributed by atoms with E-state index < -0.39 is 0 Å². The summed E-state index contributed by atoms with van der Waals surface area (Å²) < 4.78 is 0. The van der Waals surface area contributed by atoms with Gasteiger partial charge in [0.25, 0.3) is 0 Å². The number of hydrogen-bond acceptors (Lipinski definition) is 1. The fourth-order valence-electron chi connectivity index (χ4n) is 2.10. The predicted molar refractivity (Wildman–Crippen MR) is 60.0 cm³/mol. The van der Waals surface area contributed by atoms with Crippen LogP contribution in [0, 0.1) is 12.8 Å². The second-order valence-electron chi connectivity index (χ2n) is 4.31. The molecule has 1 aromatic rings. The van der Waals surface area contributed by atoms with E-state index in [9.17, 15) is 0 Å². The predicted octanol–water partition coefficient (Wildman–Crippen LogP) is 3.59. The van der Waals surface area contributed by atoms with Crippen molar-refractivity contribution in [1.29, 1.82) is 0 Å². The smallest absolute Gasteiger partial charge is 0.0343 e. The van der Waals surface area contributed by atoms with Gasteiger partial charge >= 0.3 is 0 Å². The molecule has 0 N–H and O–H groups in total. The Balaban J connectivity index is 2.30. The number of allylic oxidation sites excluding steroid dienone is 2. The van der Waals surface area contributed by atoms with E-state index in [1.54, 1.807) is 0 Å². The fourth-order valence-corrected chi connectivity index (χ4v) is 2.10. The van der Waals surface area contributed by atoms with Gasteiger partial charge in [0.15, 0.2) is 0 Å². The number of aromatic nitrogens is 1. The molecular weight excluding hydrogens is 170 g/mol. The lowest BCUT2D eigenvalue weighted by atomic mass is 9.88. The van der Waals surface area contributed by atoms with Gasteiger partial charge in [0, 0.05) is 12.4 Å². The van der Waals surface area contributed by atoms with Crippen molar-refractivity contribution >= 4 is 5.57 Å². The van der Waals surface area contributed by atoms with Gasteiger partial charge in [-0.2, -0.15) is 0 Å². The molecule has 1 heteroatoms. The van der Waals surface area contributed by atoms with E-state index in [2.05, 4.69) is 31.0 Å². The van der Waals surface area contributed by atoms with Crippen molar-refractivity contribution in [2.45, 2.75) is 33.1 Å². The molecule has 0 saturated carbocycles. The van der Waals surface area contributed by atoms with Crippen molar-refractivity contribution in [3.63, 3.8) is 0 Å². The molecule has 14 heavy (non-hydrogen) atoms. The van der Waals surface area contributed by atoms with Crippen LogP contribution >= 0.6 is 0 Å². The lowest BCUT2D eigenvalue weighted by molar-refractivity contribution is 0.592. The summed E-state index contributed by atoms with van der Waals surface area (Å²) in [4.78, 5) is 4.24. The Hall–Kier alpha value is -1.11. The van der Waals surface area contributed by atoms with Crippen LogP contribution in [0.25, 0.3) is 5.57 Å². The molecular formula is C13H17N. The zero-order valence-electron chi connectivity index (χ0n) is 8.96. The molecule has 0 fully saturated rings. The molecule has 1 nitrogen and oxygen atoms in total. The summed E-state index contributed by atoms with van der Waals surface area (Å²) in [5.74, 6) is 0.735. The lowest BCUT2D eigenvalue weighted by Crippen LogP contribution is -2.00. The number of aryl methyl sites for hydroxylation is 1. The standard InChI is InChI=1S/C13H17N/c1-10-4-3-5-12(6-10)13-7-11(2)8-14-9-13/h6-10H,3-5H2,1-2H3. The Morgan fingerprint density at radius 3 is 2.93 bits per heavy atom. The summed E-state index contributed by atoms with van der Waals surface area (Å²) in [6.07, 6.45) is 10.2. The normalized spacial score (nSPS) is 21.9. The Bertz CT molecular complexity index is 352. The minimum atomic E-state index is 0.735. The number of nitrogens with zero attached hydrogens (tertiary/aromatic N) is 1. The van der Waals surface area contributed by atoms with Crippen molar-refractivity contribution in [2.75, 3.05) is 0 Å². The average molecular weight is 187 g/mol. The summed E-state index contributed by atoms with van der Waals surface area (Å²) in [6, 6.07) is 2.23. The molecule has 0 aromatic carbocycles. The van der Waals surface area contributed by atoms with Gasteiger partial charge in [-0.05, 0) is 54.9 Å². The van der Waals surface area contributed by atoms with E-state index in [0.29, 0.717) is 0 Å². The number of rotatable bonds is 1. The van der Waals surface area contributed by atoms with E-state index >= 15 is 0 Å². The van der Waals surface area contributed by atoms with Gasteiger partial charge in [-0.3, -0.25) is 4.98 Å². The number of hydrogen-bond donors (Lipinski definition) is 0. The maximum Gasteiger partial charge on any atom is 0.0343 e. The quantitative estimate of drug-likeness (QED) is 0.654. The highest BCUT2D eigenvalue weighted by Crippen LogP contribution is 2.29. The van der Waals surface area contributed by atoms with Gasteiger partial charge in [0.1, 0.15) is 0 Å². The maximum absolute atomic E-state index is 4.24. The third-order valence-electron chi connectivity index (χ3n) is 2.84. The van der Waals surface area contributed by atoms with E-state index in [4.69, 9.17) is 0 Å². The fraction of sp³-hybridized carbons (Fsp3) is 0.462. The first kappa shape index (κ1) is 9.45. The van der Waals surface area contributed by atoms with Gasteiger partial charge in [-0.25, -0.2) is 0 Å². The van der Waals surface area contributed by atoms with E-state index in [1.165, 1.54) is 36.0 Å². The maximum atomic E-state index is 4.24. The molecule has 0 radical (unpaired) electrons. The molecule has 1 atom stereocenters. The van der Waals surface area contributed by atoms with Gasteiger partial charge in [0.05, 0.1) is 0 Å². The first-order chi connectivity index (χ1) is 6.75. The third kappa shape index (κ3) is 2.03. The molecule has 1 unspecified atom stereocenters. The topological polar surface area (TPSA) is 12.9 Å². The van der Waals surface area contributed by atoms with E-state index in [0.717, 1.165) is 5.92 Å². The molecule has 2 rings (SSSR count). The van der Waals surface area contributed by atoms with Crippen LogP contribution in [0.1, 0.15) is 37.3 Å². The number of pyridine rings is 1. The minimum absolute atomic E-state index is 0.735. The monoisotopic (exact) mass is 187 g/mol. The first-order valence-corrected chi connectivity index (χ1v) is 5.38. The Morgan fingerprint density at radius 1 is 1.36 bits per heavy atom. The highest BCUT2D eigenvalue weighted by Gasteiger charge is 2.11. The van der Waals surface area contributed by atoms with Crippen LogP contribution in [-0.2, 0) is 0 Å². The zero-order chi connectivity index (χ0) is 9.97. The summed E-state index contributed by atoms with van der Waals surface area (Å²) in [6.45, 7) is 4.39. The molecule has 1 aliphatic rings. The Labute approximate surface area is 85.9 Å². The van der Waals surface area contributed by atoms with Gasteiger partial charge in [0.2, 0.25) is 0 Å². The molecule has 0 bridgehead atoms. The zero-order valence-corrected chi connectivity index (χ0v) is 8.96. The molecule has 0 saturated heterocycles. The highest BCUT2D eigenvalue weighted by molar-refractivity contribution is 5.66. The summed E-state index contributed by atoms with van der Waals surface area (Å²) in [7, 11) is 0. The van der Waals surface area contributed by atoms with Gasteiger partial charge in [-0.1, -0.05) is 13.0 Å². The molecule has 0 spiro atoms. The average Bonchev–Trinajstić information content (AvgIpc) is 2.18. The molecule has 0 aliphatic heterocycles. The highest BCUT2D eigenvalue weighted by atomic mass is 14.6. The second kappa shape index (κ2) is 3.95. The third-order valence-corrected chi connectivity index (χ3v) is 2.84. The van der Waals surface area contributed by atoms with Crippen LogP contribution in [0.5, 0.6) is 0 Å². The minimum Gasteiger partial charge on any atom is -0.264 e. The molecule has 1 aliphatic carbocycles. The van der Waals surface area contributed by atoms with Crippen LogP contribution < -0.4 is 0 Å². The van der Waals surface area contributed by atoms with E-state index in [1.807, 2.05) is 12.4 Å².